The van der Waals surface area contributed by atoms with Gasteiger partial charge in [-0.05, 0) is 24.3 Å². The average Bonchev–Trinajstić information content (AvgIpc) is 2.66. The first kappa shape index (κ1) is 17.3. The molecule has 0 aliphatic carbocycles. The molecule has 0 radical (unpaired) electrons. The number of fused-ring (bicyclic) bond motifs is 1. The third-order valence-corrected chi connectivity index (χ3v) is 3.70. The van der Waals surface area contributed by atoms with Crippen LogP contribution in [0.5, 0.6) is 11.5 Å². The highest BCUT2D eigenvalue weighted by Crippen LogP contribution is 2.30. The van der Waals surface area contributed by atoms with Crippen LogP contribution in [0.3, 0.4) is 0 Å². The number of amides is 3. The van der Waals surface area contributed by atoms with Crippen LogP contribution in [0.4, 0.5) is 5.69 Å². The molecular formula is C18H17N3O5. The van der Waals surface area contributed by atoms with Crippen molar-refractivity contribution in [1.29, 1.82) is 0 Å². The van der Waals surface area contributed by atoms with Crippen molar-refractivity contribution in [2.75, 3.05) is 18.5 Å². The minimum absolute atomic E-state index is 0.0953. The number of nitrogens with two attached hydrogens (primary N) is 1. The van der Waals surface area contributed by atoms with E-state index in [0.717, 1.165) is 0 Å². The minimum Gasteiger partial charge on any atom is -0.486 e. The van der Waals surface area contributed by atoms with Gasteiger partial charge in [-0.1, -0.05) is 24.3 Å². The first-order valence-electron chi connectivity index (χ1n) is 7.91. The van der Waals surface area contributed by atoms with Crippen LogP contribution in [0.1, 0.15) is 10.4 Å². The first-order chi connectivity index (χ1) is 12.5. The highest BCUT2D eigenvalue weighted by Gasteiger charge is 2.23. The van der Waals surface area contributed by atoms with E-state index in [2.05, 4.69) is 10.6 Å². The Bertz CT molecular complexity index is 852. The SMILES string of the molecule is NC(=O)c1ccccc1NC(=O)C(=O)NCC1COc2ccccc2O1. The Morgan fingerprint density at radius 3 is 2.46 bits per heavy atom. The molecule has 4 N–H and O–H groups in total. The summed E-state index contributed by atoms with van der Waals surface area (Å²) in [5, 5.41) is 4.85. The predicted octanol–water partition coefficient (Wildman–Crippen LogP) is 0.680. The topological polar surface area (TPSA) is 120 Å². The van der Waals surface area contributed by atoms with E-state index in [1.807, 2.05) is 12.1 Å². The summed E-state index contributed by atoms with van der Waals surface area (Å²) in [7, 11) is 0. The number of carbonyl (C=O) groups is 3. The molecule has 3 rings (SSSR count). The summed E-state index contributed by atoms with van der Waals surface area (Å²) in [5.41, 5.74) is 5.53. The molecule has 26 heavy (non-hydrogen) atoms. The first-order valence-corrected chi connectivity index (χ1v) is 7.91. The standard InChI is InChI=1S/C18H17N3O5/c19-16(22)12-5-1-2-6-13(12)21-18(24)17(23)20-9-11-10-25-14-7-3-4-8-15(14)26-11/h1-8,11H,9-10H2,(H2,19,22)(H,20,23)(H,21,24). The summed E-state index contributed by atoms with van der Waals surface area (Å²) >= 11 is 0. The van der Waals surface area contributed by atoms with Gasteiger partial charge in [0.05, 0.1) is 17.8 Å². The molecule has 1 heterocycles. The molecule has 0 saturated heterocycles. The van der Waals surface area contributed by atoms with Crippen LogP contribution >= 0.6 is 0 Å². The van der Waals surface area contributed by atoms with Crippen molar-refractivity contribution in [3.05, 3.63) is 54.1 Å². The zero-order chi connectivity index (χ0) is 18.5. The van der Waals surface area contributed by atoms with Crippen molar-refractivity contribution >= 4 is 23.4 Å². The fraction of sp³-hybridized carbons (Fsp3) is 0.167. The number of rotatable bonds is 4. The van der Waals surface area contributed by atoms with Gasteiger partial charge in [0.2, 0.25) is 0 Å². The molecular weight excluding hydrogens is 338 g/mol. The van der Waals surface area contributed by atoms with Crippen LogP contribution in [-0.4, -0.2) is 37.0 Å². The molecule has 2 aromatic carbocycles. The maximum Gasteiger partial charge on any atom is 0.313 e. The van der Waals surface area contributed by atoms with E-state index in [1.54, 1.807) is 24.3 Å². The van der Waals surface area contributed by atoms with Gasteiger partial charge in [0.25, 0.3) is 5.91 Å². The number of nitrogens with one attached hydrogen (secondary N) is 2. The van der Waals surface area contributed by atoms with Crippen LogP contribution in [0.15, 0.2) is 48.5 Å². The van der Waals surface area contributed by atoms with E-state index >= 15 is 0 Å². The van der Waals surface area contributed by atoms with Crippen molar-refractivity contribution in [2.45, 2.75) is 6.10 Å². The Labute approximate surface area is 149 Å². The molecule has 1 unspecified atom stereocenters. The molecule has 0 aromatic heterocycles. The van der Waals surface area contributed by atoms with Gasteiger partial charge in [-0.25, -0.2) is 0 Å². The highest BCUT2D eigenvalue weighted by molar-refractivity contribution is 6.40. The number of benzene rings is 2. The Kier molecular flexibility index (Phi) is 5.02. The Morgan fingerprint density at radius 2 is 1.69 bits per heavy atom. The monoisotopic (exact) mass is 355 g/mol. The maximum atomic E-state index is 12.0. The molecule has 8 heteroatoms. The van der Waals surface area contributed by atoms with Gasteiger partial charge in [-0.3, -0.25) is 14.4 Å². The van der Waals surface area contributed by atoms with Crippen molar-refractivity contribution in [3.8, 4) is 11.5 Å². The lowest BCUT2D eigenvalue weighted by molar-refractivity contribution is -0.136. The Balaban J connectivity index is 1.54. The number of anilines is 1. The van der Waals surface area contributed by atoms with Crippen LogP contribution in [0, 0.1) is 0 Å². The van der Waals surface area contributed by atoms with E-state index in [9.17, 15) is 14.4 Å². The second kappa shape index (κ2) is 7.56. The lowest BCUT2D eigenvalue weighted by Crippen LogP contribution is -2.44. The molecule has 134 valence electrons. The number of hydrogen-bond donors (Lipinski definition) is 3. The zero-order valence-corrected chi connectivity index (χ0v) is 13.7. The summed E-state index contributed by atoms with van der Waals surface area (Å²) in [6.07, 6.45) is -0.417. The van der Waals surface area contributed by atoms with Gasteiger partial charge < -0.3 is 25.8 Å². The van der Waals surface area contributed by atoms with Gasteiger partial charge in [0.15, 0.2) is 11.5 Å². The van der Waals surface area contributed by atoms with Crippen LogP contribution in [0.2, 0.25) is 0 Å². The summed E-state index contributed by atoms with van der Waals surface area (Å²) in [5.74, 6) is -1.25. The predicted molar refractivity (Wildman–Crippen MR) is 93.0 cm³/mol. The smallest absolute Gasteiger partial charge is 0.313 e. The van der Waals surface area contributed by atoms with Crippen LogP contribution in [0.25, 0.3) is 0 Å². The van der Waals surface area contributed by atoms with E-state index in [0.29, 0.717) is 11.5 Å². The average molecular weight is 355 g/mol. The Hall–Kier alpha value is -3.55. The van der Waals surface area contributed by atoms with Crippen molar-refractivity contribution in [2.24, 2.45) is 5.73 Å². The second-order valence-electron chi connectivity index (χ2n) is 5.57. The number of ether oxygens (including phenoxy) is 2. The fourth-order valence-electron chi connectivity index (χ4n) is 2.44. The summed E-state index contributed by atoms with van der Waals surface area (Å²) < 4.78 is 11.2. The third kappa shape index (κ3) is 3.92. The highest BCUT2D eigenvalue weighted by atomic mass is 16.6. The molecule has 3 amide bonds. The van der Waals surface area contributed by atoms with Crippen molar-refractivity contribution in [1.82, 2.24) is 5.32 Å². The molecule has 1 aliphatic rings. The zero-order valence-electron chi connectivity index (χ0n) is 13.7. The summed E-state index contributed by atoms with van der Waals surface area (Å²) in [6, 6.07) is 13.4. The van der Waals surface area contributed by atoms with Crippen LogP contribution in [-0.2, 0) is 9.59 Å². The molecule has 8 nitrogen and oxygen atoms in total. The van der Waals surface area contributed by atoms with Crippen LogP contribution < -0.4 is 25.8 Å². The molecule has 0 spiro atoms. The minimum atomic E-state index is -0.907. The third-order valence-electron chi connectivity index (χ3n) is 3.70. The van der Waals surface area contributed by atoms with Gasteiger partial charge in [0.1, 0.15) is 12.7 Å². The number of primary amides is 1. The van der Waals surface area contributed by atoms with E-state index in [4.69, 9.17) is 15.2 Å². The second-order valence-corrected chi connectivity index (χ2v) is 5.57. The molecule has 0 bridgehead atoms. The van der Waals surface area contributed by atoms with Crippen molar-refractivity contribution in [3.63, 3.8) is 0 Å². The maximum absolute atomic E-state index is 12.0. The molecule has 1 aliphatic heterocycles. The number of para-hydroxylation sites is 3. The normalized spacial score (nSPS) is 15.0. The lowest BCUT2D eigenvalue weighted by atomic mass is 10.1. The van der Waals surface area contributed by atoms with E-state index in [-0.39, 0.29) is 24.4 Å². The largest absolute Gasteiger partial charge is 0.486 e. The lowest BCUT2D eigenvalue weighted by Gasteiger charge is -2.26. The van der Waals surface area contributed by atoms with E-state index in [1.165, 1.54) is 12.1 Å². The fourth-order valence-corrected chi connectivity index (χ4v) is 2.44. The molecule has 1 atom stereocenters. The summed E-state index contributed by atoms with van der Waals surface area (Å²) in [6.45, 7) is 0.349. The number of carbonyl (C=O) groups excluding carboxylic acids is 3. The van der Waals surface area contributed by atoms with Gasteiger partial charge in [0, 0.05) is 0 Å². The number of hydrogen-bond acceptors (Lipinski definition) is 5. The van der Waals surface area contributed by atoms with E-state index < -0.39 is 23.8 Å². The molecule has 0 saturated carbocycles. The Morgan fingerprint density at radius 1 is 1.00 bits per heavy atom. The van der Waals surface area contributed by atoms with Gasteiger partial charge in [-0.15, -0.1) is 0 Å². The molecule has 0 fully saturated rings. The van der Waals surface area contributed by atoms with Gasteiger partial charge in [-0.2, -0.15) is 0 Å². The molecule has 2 aromatic rings. The quantitative estimate of drug-likeness (QED) is 0.697. The summed E-state index contributed by atoms with van der Waals surface area (Å²) in [4.78, 5) is 35.3. The van der Waals surface area contributed by atoms with Crippen molar-refractivity contribution < 1.29 is 23.9 Å². The van der Waals surface area contributed by atoms with Gasteiger partial charge >= 0.3 is 11.8 Å².